The van der Waals surface area contributed by atoms with E-state index >= 15 is 0 Å². The lowest BCUT2D eigenvalue weighted by Gasteiger charge is -2.11. The van der Waals surface area contributed by atoms with Gasteiger partial charge in [-0.1, -0.05) is 0 Å². The molecule has 5 nitrogen and oxygen atoms in total. The van der Waals surface area contributed by atoms with Gasteiger partial charge in [0.25, 0.3) is 0 Å². The molecule has 0 amide bonds. The zero-order chi connectivity index (χ0) is 14.6. The van der Waals surface area contributed by atoms with Crippen molar-refractivity contribution >= 4 is 36.0 Å². The third-order valence-electron chi connectivity index (χ3n) is 2.61. The van der Waals surface area contributed by atoms with Crippen molar-refractivity contribution in [1.29, 1.82) is 0 Å². The summed E-state index contributed by atoms with van der Waals surface area (Å²) in [7, 11) is 0. The molecule has 0 atom stereocenters. The Bertz CT molecular complexity index is 384. The van der Waals surface area contributed by atoms with Crippen LogP contribution in [0.5, 0.6) is 0 Å². The van der Waals surface area contributed by atoms with Crippen LogP contribution in [0.2, 0.25) is 0 Å². The van der Waals surface area contributed by atoms with Crippen molar-refractivity contribution in [2.45, 2.75) is 0 Å². The number of hydrogen-bond donors (Lipinski definition) is 0. The summed E-state index contributed by atoms with van der Waals surface area (Å²) in [5, 5.41) is 0. The van der Waals surface area contributed by atoms with Crippen molar-refractivity contribution in [3.63, 3.8) is 0 Å². The number of nitrogens with zero attached hydrogens (tertiary/aromatic N) is 2. The van der Waals surface area contributed by atoms with Crippen LogP contribution in [0.25, 0.3) is 0 Å². The van der Waals surface area contributed by atoms with Gasteiger partial charge in [-0.3, -0.25) is 9.98 Å². The van der Waals surface area contributed by atoms with Gasteiger partial charge in [0.05, 0.1) is 24.7 Å². The fourth-order valence-electron chi connectivity index (χ4n) is 1.56. The molecule has 0 saturated carbocycles. The molecule has 0 saturated heterocycles. The minimum Gasteiger partial charge on any atom is -0.475 e. The molecule has 0 radical (unpaired) electrons. The van der Waals surface area contributed by atoms with Crippen molar-refractivity contribution in [2.24, 2.45) is 9.98 Å². The summed E-state index contributed by atoms with van der Waals surface area (Å²) in [6.07, 6.45) is 7.43. The number of aliphatic imine (C=N–C) groups is 2. The molecule has 21 heavy (non-hydrogen) atoms. The van der Waals surface area contributed by atoms with Gasteiger partial charge in [0.2, 0.25) is 0 Å². The zero-order valence-corrected chi connectivity index (χ0v) is 13.5. The molecule has 2 aliphatic heterocycles. The van der Waals surface area contributed by atoms with Gasteiger partial charge < -0.3 is 14.2 Å². The van der Waals surface area contributed by atoms with E-state index in [1.54, 1.807) is 12.4 Å². The highest BCUT2D eigenvalue weighted by molar-refractivity contribution is 7.99. The third kappa shape index (κ3) is 7.59. The highest BCUT2D eigenvalue weighted by atomic mass is 32.2. The minimum atomic E-state index is 0.451. The molecule has 2 rings (SSSR count). The second-order valence-electron chi connectivity index (χ2n) is 4.19. The SMILES string of the molecule is C1=NCOC(CSCCOCCSCC2=CC=NCO2)=C1. The Hall–Kier alpha value is -0.920. The van der Waals surface area contributed by atoms with Crippen molar-refractivity contribution < 1.29 is 14.2 Å². The molecule has 116 valence electrons. The topological polar surface area (TPSA) is 52.4 Å². The van der Waals surface area contributed by atoms with E-state index in [2.05, 4.69) is 9.98 Å². The van der Waals surface area contributed by atoms with Crippen LogP contribution in [0.1, 0.15) is 0 Å². The van der Waals surface area contributed by atoms with Crippen LogP contribution in [-0.4, -0.2) is 62.1 Å². The molecule has 0 aromatic carbocycles. The molecule has 0 unspecified atom stereocenters. The van der Waals surface area contributed by atoms with Crippen LogP contribution in [0.4, 0.5) is 0 Å². The molecule has 0 spiro atoms. The maximum atomic E-state index is 5.60. The first-order chi connectivity index (χ1) is 10.4. The standard InChI is InChI=1S/C14H20N2O3S2/c1-3-15-11-18-13(1)9-20-7-5-17-6-8-21-10-14-2-4-16-12-19-14/h1-4H,5-12H2. The van der Waals surface area contributed by atoms with E-state index in [0.29, 0.717) is 13.5 Å². The van der Waals surface area contributed by atoms with Crippen LogP contribution < -0.4 is 0 Å². The number of rotatable bonds is 10. The molecular weight excluding hydrogens is 308 g/mol. The molecule has 0 aliphatic carbocycles. The van der Waals surface area contributed by atoms with Crippen LogP contribution in [-0.2, 0) is 14.2 Å². The van der Waals surface area contributed by atoms with E-state index in [0.717, 1.165) is 47.7 Å². The largest absolute Gasteiger partial charge is 0.475 e. The van der Waals surface area contributed by atoms with Crippen LogP contribution in [0.15, 0.2) is 33.7 Å². The average molecular weight is 328 g/mol. The summed E-state index contributed by atoms with van der Waals surface area (Å²) >= 11 is 3.63. The number of hydrogen-bond acceptors (Lipinski definition) is 7. The Morgan fingerprint density at radius 1 is 0.905 bits per heavy atom. The summed E-state index contributed by atoms with van der Waals surface area (Å²) in [5.74, 6) is 5.72. The first-order valence-electron chi connectivity index (χ1n) is 6.82. The molecule has 0 aromatic heterocycles. The van der Waals surface area contributed by atoms with Gasteiger partial charge in [-0.25, -0.2) is 0 Å². The first-order valence-corrected chi connectivity index (χ1v) is 9.13. The van der Waals surface area contributed by atoms with Gasteiger partial charge in [0, 0.05) is 23.9 Å². The van der Waals surface area contributed by atoms with Crippen molar-refractivity contribution in [1.82, 2.24) is 0 Å². The van der Waals surface area contributed by atoms with Gasteiger partial charge in [-0.05, 0) is 12.2 Å². The maximum Gasteiger partial charge on any atom is 0.178 e. The molecule has 7 heteroatoms. The van der Waals surface area contributed by atoms with E-state index in [1.165, 1.54) is 0 Å². The Morgan fingerprint density at radius 2 is 1.43 bits per heavy atom. The lowest BCUT2D eigenvalue weighted by atomic mass is 10.5. The van der Waals surface area contributed by atoms with Gasteiger partial charge in [-0.15, -0.1) is 0 Å². The number of ether oxygens (including phenoxy) is 3. The molecule has 0 bridgehead atoms. The predicted octanol–water partition coefficient (Wildman–Crippen LogP) is 2.35. The monoisotopic (exact) mass is 328 g/mol. The Morgan fingerprint density at radius 3 is 1.86 bits per heavy atom. The minimum absolute atomic E-state index is 0.451. The summed E-state index contributed by atoms with van der Waals surface area (Å²) in [5.41, 5.74) is 0. The third-order valence-corrected chi connectivity index (χ3v) is 4.50. The highest BCUT2D eigenvalue weighted by Gasteiger charge is 2.02. The molecule has 0 fully saturated rings. The van der Waals surface area contributed by atoms with Crippen molar-refractivity contribution in [3.8, 4) is 0 Å². The lowest BCUT2D eigenvalue weighted by Crippen LogP contribution is -2.06. The van der Waals surface area contributed by atoms with Gasteiger partial charge in [-0.2, -0.15) is 23.5 Å². The Kier molecular flexibility index (Phi) is 8.43. The van der Waals surface area contributed by atoms with Crippen molar-refractivity contribution in [3.05, 3.63) is 23.7 Å². The quantitative estimate of drug-likeness (QED) is 0.576. The van der Waals surface area contributed by atoms with E-state index in [4.69, 9.17) is 14.2 Å². The summed E-state index contributed by atoms with van der Waals surface area (Å²) in [6.45, 7) is 2.45. The fourth-order valence-corrected chi connectivity index (χ4v) is 3.08. The van der Waals surface area contributed by atoms with E-state index < -0.39 is 0 Å². The second-order valence-corrected chi connectivity index (χ2v) is 6.40. The van der Waals surface area contributed by atoms with E-state index in [9.17, 15) is 0 Å². The van der Waals surface area contributed by atoms with Crippen molar-refractivity contribution in [2.75, 3.05) is 49.7 Å². The summed E-state index contributed by atoms with van der Waals surface area (Å²) in [6, 6.07) is 0. The van der Waals surface area contributed by atoms with Crippen LogP contribution in [0.3, 0.4) is 0 Å². The van der Waals surface area contributed by atoms with Gasteiger partial charge in [0.1, 0.15) is 11.5 Å². The van der Waals surface area contributed by atoms with E-state index in [1.807, 2.05) is 35.7 Å². The predicted molar refractivity (Wildman–Crippen MR) is 90.5 cm³/mol. The summed E-state index contributed by atoms with van der Waals surface area (Å²) in [4.78, 5) is 7.93. The second kappa shape index (κ2) is 10.8. The molecular formula is C14H20N2O3S2. The molecule has 0 N–H and O–H groups in total. The first kappa shape index (κ1) is 16.5. The molecule has 2 aliphatic rings. The Labute approximate surface area is 133 Å². The van der Waals surface area contributed by atoms with Gasteiger partial charge in [0.15, 0.2) is 13.5 Å². The number of thioether (sulfide) groups is 2. The molecule has 2 heterocycles. The zero-order valence-electron chi connectivity index (χ0n) is 11.9. The average Bonchev–Trinajstić information content (AvgIpc) is 2.55. The van der Waals surface area contributed by atoms with Crippen LogP contribution in [0, 0.1) is 0 Å². The maximum absolute atomic E-state index is 5.60. The Balaban J connectivity index is 1.37. The summed E-state index contributed by atoms with van der Waals surface area (Å²) < 4.78 is 16.3. The molecule has 0 aromatic rings. The normalized spacial score (nSPS) is 17.0. The number of allylic oxidation sites excluding steroid dienone is 2. The smallest absolute Gasteiger partial charge is 0.178 e. The van der Waals surface area contributed by atoms with E-state index in [-0.39, 0.29) is 0 Å². The lowest BCUT2D eigenvalue weighted by molar-refractivity contribution is 0.167. The fraction of sp³-hybridized carbons (Fsp3) is 0.571. The highest BCUT2D eigenvalue weighted by Crippen LogP contribution is 2.12. The van der Waals surface area contributed by atoms with Gasteiger partial charge >= 0.3 is 0 Å². The van der Waals surface area contributed by atoms with Crippen LogP contribution >= 0.6 is 23.5 Å².